The average Bonchev–Trinajstić information content (AvgIpc) is 3.30. The number of hydrogen-bond donors (Lipinski definition) is 0. The highest BCUT2D eigenvalue weighted by molar-refractivity contribution is 7.15. The first kappa shape index (κ1) is 17.0. The van der Waals surface area contributed by atoms with E-state index in [1.807, 2.05) is 11.3 Å². The molecule has 0 radical (unpaired) electrons. The maximum Gasteiger partial charge on any atom is 0.0345 e. The van der Waals surface area contributed by atoms with E-state index in [0.717, 1.165) is 0 Å². The van der Waals surface area contributed by atoms with Gasteiger partial charge in [-0.05, 0) is 71.0 Å². The molecule has 0 spiro atoms. The summed E-state index contributed by atoms with van der Waals surface area (Å²) in [5.41, 5.74) is 3.80. The highest BCUT2D eigenvalue weighted by Gasteiger charge is 2.02. The Morgan fingerprint density at radius 2 is 1.42 bits per heavy atom. The summed E-state index contributed by atoms with van der Waals surface area (Å²) in [6.07, 6.45) is 0. The van der Waals surface area contributed by atoms with Crippen LogP contribution in [0.4, 0.5) is 0 Å². The van der Waals surface area contributed by atoms with Crippen LogP contribution in [0.3, 0.4) is 0 Å². The molecular formula is C24H20S2. The first-order valence-electron chi connectivity index (χ1n) is 8.68. The van der Waals surface area contributed by atoms with Gasteiger partial charge in [0.25, 0.3) is 0 Å². The van der Waals surface area contributed by atoms with Crippen LogP contribution >= 0.6 is 22.7 Å². The third kappa shape index (κ3) is 3.72. The molecule has 0 atom stereocenters. The third-order valence-corrected chi connectivity index (χ3v) is 6.32. The molecule has 26 heavy (non-hydrogen) atoms. The molecule has 0 amide bonds. The second-order valence-corrected chi connectivity index (χ2v) is 8.67. The predicted octanol–water partition coefficient (Wildman–Crippen LogP) is 8.04. The molecule has 4 rings (SSSR count). The van der Waals surface area contributed by atoms with E-state index in [1.165, 1.54) is 42.1 Å². The topological polar surface area (TPSA) is 0 Å². The van der Waals surface area contributed by atoms with Crippen LogP contribution in [-0.4, -0.2) is 0 Å². The van der Waals surface area contributed by atoms with Crippen molar-refractivity contribution in [3.8, 4) is 20.9 Å². The molecule has 0 saturated heterocycles. The van der Waals surface area contributed by atoms with E-state index in [2.05, 4.69) is 98.1 Å². The Hall–Kier alpha value is -2.42. The summed E-state index contributed by atoms with van der Waals surface area (Å²) in [4.78, 5) is 3.97. The van der Waals surface area contributed by atoms with Crippen molar-refractivity contribution in [3.05, 3.63) is 94.7 Å². The van der Waals surface area contributed by atoms with Crippen LogP contribution in [0.5, 0.6) is 0 Å². The lowest BCUT2D eigenvalue weighted by atomic mass is 10.1. The average molecular weight is 373 g/mol. The van der Waals surface area contributed by atoms with E-state index < -0.39 is 0 Å². The summed E-state index contributed by atoms with van der Waals surface area (Å²) in [6.45, 7) is 4.33. The summed E-state index contributed by atoms with van der Waals surface area (Å²) in [6, 6.07) is 28.6. The van der Waals surface area contributed by atoms with Crippen molar-refractivity contribution in [3.63, 3.8) is 0 Å². The molecule has 0 aliphatic rings. The minimum atomic E-state index is 1.26. The van der Waals surface area contributed by atoms with Crippen molar-refractivity contribution in [2.75, 3.05) is 0 Å². The summed E-state index contributed by atoms with van der Waals surface area (Å²) in [5, 5.41) is 4.64. The van der Waals surface area contributed by atoms with E-state index >= 15 is 0 Å². The van der Waals surface area contributed by atoms with Gasteiger partial charge in [0.15, 0.2) is 0 Å². The van der Waals surface area contributed by atoms with Crippen molar-refractivity contribution in [2.24, 2.45) is 0 Å². The van der Waals surface area contributed by atoms with Crippen LogP contribution in [0.25, 0.3) is 31.7 Å². The normalized spacial score (nSPS) is 10.7. The second-order valence-electron chi connectivity index (χ2n) is 6.44. The zero-order valence-electron chi connectivity index (χ0n) is 14.9. The summed E-state index contributed by atoms with van der Waals surface area (Å²) in [5.74, 6) is 0. The van der Waals surface area contributed by atoms with Gasteiger partial charge in [-0.2, -0.15) is 0 Å². The molecular weight excluding hydrogens is 352 g/mol. The molecule has 2 aromatic carbocycles. The van der Waals surface area contributed by atoms with Crippen LogP contribution in [0.2, 0.25) is 0 Å². The lowest BCUT2D eigenvalue weighted by molar-refractivity contribution is 1.51. The minimum absolute atomic E-state index is 1.26. The van der Waals surface area contributed by atoms with Gasteiger partial charge in [-0.1, -0.05) is 54.6 Å². The first-order valence-corrected chi connectivity index (χ1v) is 10.4. The highest BCUT2D eigenvalue weighted by Crippen LogP contribution is 2.30. The van der Waals surface area contributed by atoms with Gasteiger partial charge in [-0.3, -0.25) is 0 Å². The lowest BCUT2D eigenvalue weighted by Crippen LogP contribution is -1.76. The molecule has 4 aromatic rings. The minimum Gasteiger partial charge on any atom is -0.144 e. The number of rotatable bonds is 2. The number of benzene rings is 1. The van der Waals surface area contributed by atoms with Gasteiger partial charge in [0.05, 0.1) is 0 Å². The van der Waals surface area contributed by atoms with Gasteiger partial charge < -0.3 is 0 Å². The zero-order chi connectivity index (χ0) is 17.9. The summed E-state index contributed by atoms with van der Waals surface area (Å²) >= 11 is 3.62. The quantitative estimate of drug-likeness (QED) is 0.334. The van der Waals surface area contributed by atoms with Gasteiger partial charge in [0.2, 0.25) is 0 Å². The van der Waals surface area contributed by atoms with Crippen LogP contribution in [-0.2, 0) is 0 Å². The highest BCUT2D eigenvalue weighted by atomic mass is 32.1. The van der Waals surface area contributed by atoms with Gasteiger partial charge >= 0.3 is 0 Å². The molecule has 0 fully saturated rings. The smallest absolute Gasteiger partial charge is 0.0345 e. The first-order chi connectivity index (χ1) is 12.7. The van der Waals surface area contributed by atoms with Crippen molar-refractivity contribution in [1.29, 1.82) is 0 Å². The Kier molecular flexibility index (Phi) is 4.87. The van der Waals surface area contributed by atoms with E-state index in [4.69, 9.17) is 0 Å². The van der Waals surface area contributed by atoms with Gasteiger partial charge in [-0.15, -0.1) is 22.7 Å². The van der Waals surface area contributed by atoms with E-state index in [0.29, 0.717) is 0 Å². The third-order valence-electron chi connectivity index (χ3n) is 4.35. The fourth-order valence-electron chi connectivity index (χ4n) is 3.09. The molecule has 0 nitrogen and oxygen atoms in total. The van der Waals surface area contributed by atoms with Crippen LogP contribution in [0.1, 0.15) is 10.4 Å². The molecule has 0 bridgehead atoms. The Morgan fingerprint density at radius 1 is 0.615 bits per heavy atom. The van der Waals surface area contributed by atoms with Gasteiger partial charge in [0.1, 0.15) is 0 Å². The number of thiophene rings is 2. The van der Waals surface area contributed by atoms with Crippen LogP contribution in [0.15, 0.2) is 84.2 Å². The molecule has 0 aliphatic carbocycles. The zero-order valence-corrected chi connectivity index (χ0v) is 16.5. The van der Waals surface area contributed by atoms with Gasteiger partial charge in [0, 0.05) is 14.6 Å². The number of hydrogen-bond acceptors (Lipinski definition) is 2. The van der Waals surface area contributed by atoms with Gasteiger partial charge in [-0.25, -0.2) is 0 Å². The van der Waals surface area contributed by atoms with E-state index in [1.54, 1.807) is 11.3 Å². The fraction of sp³-hybridized carbons (Fsp3) is 0.0833. The SMILES string of the molecule is Cc1cc(-c2cccs2)ccccc2cc(-c3ccc(C)s3)ccc2c1. The monoisotopic (exact) mass is 372 g/mol. The van der Waals surface area contributed by atoms with Crippen molar-refractivity contribution in [2.45, 2.75) is 13.8 Å². The van der Waals surface area contributed by atoms with Crippen LogP contribution in [0, 0.1) is 13.8 Å². The summed E-state index contributed by atoms with van der Waals surface area (Å²) < 4.78 is 0. The molecule has 128 valence electrons. The number of fused-ring (bicyclic) bond motifs is 1. The van der Waals surface area contributed by atoms with Crippen molar-refractivity contribution >= 4 is 33.4 Å². The molecule has 0 unspecified atom stereocenters. The van der Waals surface area contributed by atoms with E-state index in [-0.39, 0.29) is 0 Å². The van der Waals surface area contributed by atoms with Crippen molar-refractivity contribution < 1.29 is 0 Å². The molecule has 0 saturated carbocycles. The lowest BCUT2D eigenvalue weighted by Gasteiger charge is -2.02. The molecule has 0 N–H and O–H groups in total. The Bertz CT molecular complexity index is 1100. The fourth-order valence-corrected chi connectivity index (χ4v) is 4.68. The van der Waals surface area contributed by atoms with Crippen LogP contribution < -0.4 is 0 Å². The molecule has 0 aliphatic heterocycles. The number of aryl methyl sites for hydroxylation is 2. The molecule has 2 heteroatoms. The largest absolute Gasteiger partial charge is 0.144 e. The maximum atomic E-state index is 2.29. The van der Waals surface area contributed by atoms with E-state index in [9.17, 15) is 0 Å². The summed E-state index contributed by atoms with van der Waals surface area (Å²) in [7, 11) is 0. The second kappa shape index (κ2) is 7.45. The predicted molar refractivity (Wildman–Crippen MR) is 118 cm³/mol. The Labute approximate surface area is 162 Å². The Balaban J connectivity index is 1.88. The Morgan fingerprint density at radius 3 is 2.19 bits per heavy atom. The molecule has 2 aromatic heterocycles. The maximum absolute atomic E-state index is 2.29. The molecule has 2 heterocycles. The van der Waals surface area contributed by atoms with Crippen molar-refractivity contribution in [1.82, 2.24) is 0 Å². The standard InChI is InChI=1S/C24H20S2/c1-17-14-20-10-11-22(24-12-9-18(2)26-24)16-19(20)6-3-4-7-21(15-17)23-8-5-13-25-23/h3-16H,1-2H3.